The van der Waals surface area contributed by atoms with Crippen LogP contribution in [0, 0.1) is 12.7 Å². The molecule has 0 saturated carbocycles. The number of anilines is 2. The molecular weight excluding hydrogens is 327 g/mol. The lowest BCUT2D eigenvalue weighted by molar-refractivity contribution is -0.119. The molecule has 0 bridgehead atoms. The van der Waals surface area contributed by atoms with Crippen molar-refractivity contribution >= 4 is 29.2 Å². The fourth-order valence-electron chi connectivity index (χ4n) is 2.01. The van der Waals surface area contributed by atoms with Crippen LogP contribution < -0.4 is 10.6 Å². The number of hydrogen-bond donors (Lipinski definition) is 2. The maximum absolute atomic E-state index is 13.4. The van der Waals surface area contributed by atoms with E-state index in [4.69, 9.17) is 4.74 Å². The Morgan fingerprint density at radius 3 is 2.36 bits per heavy atom. The van der Waals surface area contributed by atoms with Gasteiger partial charge in [0.15, 0.2) is 6.61 Å². The van der Waals surface area contributed by atoms with Crippen LogP contribution in [0.2, 0.25) is 0 Å². The van der Waals surface area contributed by atoms with Crippen molar-refractivity contribution < 1.29 is 23.5 Å². The minimum Gasteiger partial charge on any atom is -0.452 e. The number of esters is 1. The highest BCUT2D eigenvalue weighted by atomic mass is 19.1. The first-order valence-corrected chi connectivity index (χ1v) is 7.46. The summed E-state index contributed by atoms with van der Waals surface area (Å²) in [7, 11) is 0. The van der Waals surface area contributed by atoms with Gasteiger partial charge in [0.1, 0.15) is 5.82 Å². The van der Waals surface area contributed by atoms with Crippen molar-refractivity contribution in [3.05, 3.63) is 59.4 Å². The molecule has 0 radical (unpaired) electrons. The van der Waals surface area contributed by atoms with Crippen molar-refractivity contribution in [1.82, 2.24) is 0 Å². The van der Waals surface area contributed by atoms with E-state index in [-0.39, 0.29) is 11.5 Å². The zero-order valence-electron chi connectivity index (χ0n) is 13.8. The minimum atomic E-state index is -0.791. The molecule has 0 fully saturated rings. The van der Waals surface area contributed by atoms with Gasteiger partial charge in [0, 0.05) is 18.3 Å². The molecule has 2 aromatic carbocycles. The molecule has 6 nitrogen and oxygen atoms in total. The predicted octanol–water partition coefficient (Wildman–Crippen LogP) is 2.89. The first-order chi connectivity index (χ1) is 11.8. The lowest BCUT2D eigenvalue weighted by Crippen LogP contribution is -2.21. The topological polar surface area (TPSA) is 84.5 Å². The Hall–Kier alpha value is -3.22. The van der Waals surface area contributed by atoms with E-state index in [1.807, 2.05) is 0 Å². The molecule has 0 heterocycles. The first-order valence-electron chi connectivity index (χ1n) is 7.46. The summed E-state index contributed by atoms with van der Waals surface area (Å²) in [5.74, 6) is -2.10. The van der Waals surface area contributed by atoms with Crippen molar-refractivity contribution in [3.8, 4) is 0 Å². The Kier molecular flexibility index (Phi) is 5.84. The summed E-state index contributed by atoms with van der Waals surface area (Å²) in [5.41, 5.74) is 1.41. The number of carbonyl (C=O) groups excluding carboxylic acids is 3. The molecule has 0 aromatic heterocycles. The molecule has 2 N–H and O–H groups in total. The van der Waals surface area contributed by atoms with E-state index in [0.717, 1.165) is 6.07 Å². The van der Waals surface area contributed by atoms with Gasteiger partial charge in [-0.25, -0.2) is 9.18 Å². The Bertz CT molecular complexity index is 820. The summed E-state index contributed by atoms with van der Waals surface area (Å²) in [6.45, 7) is 2.43. The van der Waals surface area contributed by atoms with Gasteiger partial charge in [0.25, 0.3) is 5.91 Å². The third-order valence-corrected chi connectivity index (χ3v) is 3.21. The van der Waals surface area contributed by atoms with Crippen molar-refractivity contribution in [2.24, 2.45) is 0 Å². The molecule has 0 atom stereocenters. The number of ether oxygens (including phenoxy) is 1. The number of hydrogen-bond acceptors (Lipinski definition) is 4. The summed E-state index contributed by atoms with van der Waals surface area (Å²) in [6, 6.07) is 10.5. The third kappa shape index (κ3) is 5.42. The van der Waals surface area contributed by atoms with E-state index < -0.39 is 24.3 Å². The molecule has 2 aromatic rings. The normalized spacial score (nSPS) is 10.0. The quantitative estimate of drug-likeness (QED) is 0.817. The van der Waals surface area contributed by atoms with Crippen LogP contribution in [0.4, 0.5) is 15.8 Å². The number of rotatable bonds is 5. The molecule has 2 amide bonds. The average Bonchev–Trinajstić information content (AvgIpc) is 2.55. The molecule has 7 heteroatoms. The molecular formula is C18H17FN2O4. The highest BCUT2D eigenvalue weighted by molar-refractivity contribution is 5.96. The van der Waals surface area contributed by atoms with Gasteiger partial charge in [-0.2, -0.15) is 0 Å². The molecule has 0 spiro atoms. The molecule has 2 rings (SSSR count). The predicted molar refractivity (Wildman–Crippen MR) is 90.8 cm³/mol. The van der Waals surface area contributed by atoms with Gasteiger partial charge < -0.3 is 15.4 Å². The zero-order valence-corrected chi connectivity index (χ0v) is 13.8. The SMILES string of the molecule is CC(=O)Nc1cccc(NC(=O)COC(=O)c2ccc(C)c(F)c2)c1. The summed E-state index contributed by atoms with van der Waals surface area (Å²) >= 11 is 0. The fraction of sp³-hybridized carbons (Fsp3) is 0.167. The highest BCUT2D eigenvalue weighted by Crippen LogP contribution is 2.15. The monoisotopic (exact) mass is 344 g/mol. The molecule has 0 aliphatic carbocycles. The summed E-state index contributed by atoms with van der Waals surface area (Å²) in [4.78, 5) is 34.7. The minimum absolute atomic E-state index is 0.0311. The van der Waals surface area contributed by atoms with E-state index in [1.165, 1.54) is 19.1 Å². The highest BCUT2D eigenvalue weighted by Gasteiger charge is 2.12. The van der Waals surface area contributed by atoms with Crippen LogP contribution in [0.1, 0.15) is 22.8 Å². The van der Waals surface area contributed by atoms with Crippen LogP contribution in [-0.2, 0) is 14.3 Å². The van der Waals surface area contributed by atoms with Gasteiger partial charge in [-0.05, 0) is 42.8 Å². The Labute approximate surface area is 144 Å². The van der Waals surface area contributed by atoms with Crippen molar-refractivity contribution in [1.29, 1.82) is 0 Å². The van der Waals surface area contributed by atoms with Crippen LogP contribution in [0.3, 0.4) is 0 Å². The van der Waals surface area contributed by atoms with Crippen molar-refractivity contribution in [3.63, 3.8) is 0 Å². The van der Waals surface area contributed by atoms with Gasteiger partial charge in [-0.15, -0.1) is 0 Å². The van der Waals surface area contributed by atoms with Gasteiger partial charge >= 0.3 is 5.97 Å². The van der Waals surface area contributed by atoms with Gasteiger partial charge in [0.2, 0.25) is 5.91 Å². The second-order valence-electron chi connectivity index (χ2n) is 5.35. The molecule has 0 aliphatic rings. The molecule has 130 valence electrons. The number of aryl methyl sites for hydroxylation is 1. The Morgan fingerprint density at radius 1 is 1.04 bits per heavy atom. The number of halogens is 1. The lowest BCUT2D eigenvalue weighted by Gasteiger charge is -2.09. The maximum atomic E-state index is 13.4. The standard InChI is InChI=1S/C18H17FN2O4/c1-11-6-7-13(8-16(11)19)18(24)25-10-17(23)21-15-5-3-4-14(9-15)20-12(2)22/h3-9H,10H2,1-2H3,(H,20,22)(H,21,23). The summed E-state index contributed by atoms with van der Waals surface area (Å²) in [5, 5.41) is 5.13. The number of carbonyl (C=O) groups is 3. The number of benzene rings is 2. The summed E-state index contributed by atoms with van der Waals surface area (Å²) in [6.07, 6.45) is 0. The van der Waals surface area contributed by atoms with Crippen molar-refractivity contribution in [2.45, 2.75) is 13.8 Å². The third-order valence-electron chi connectivity index (χ3n) is 3.21. The fourth-order valence-corrected chi connectivity index (χ4v) is 2.01. The molecule has 25 heavy (non-hydrogen) atoms. The van der Waals surface area contributed by atoms with E-state index in [2.05, 4.69) is 10.6 Å². The number of amides is 2. The molecule has 0 aliphatic heterocycles. The van der Waals surface area contributed by atoms with Crippen molar-refractivity contribution in [2.75, 3.05) is 17.2 Å². The van der Waals surface area contributed by atoms with E-state index in [1.54, 1.807) is 31.2 Å². The Morgan fingerprint density at radius 2 is 1.72 bits per heavy atom. The lowest BCUT2D eigenvalue weighted by atomic mass is 10.1. The van der Waals surface area contributed by atoms with Crippen LogP contribution in [-0.4, -0.2) is 24.4 Å². The largest absolute Gasteiger partial charge is 0.452 e. The van der Waals surface area contributed by atoms with Gasteiger partial charge in [-0.3, -0.25) is 9.59 Å². The van der Waals surface area contributed by atoms with E-state index in [9.17, 15) is 18.8 Å². The summed E-state index contributed by atoms with van der Waals surface area (Å²) < 4.78 is 18.3. The second-order valence-corrected chi connectivity index (χ2v) is 5.35. The smallest absolute Gasteiger partial charge is 0.338 e. The Balaban J connectivity index is 1.91. The number of nitrogens with one attached hydrogen (secondary N) is 2. The van der Waals surface area contributed by atoms with Gasteiger partial charge in [0.05, 0.1) is 5.56 Å². The molecule has 0 unspecified atom stereocenters. The molecule has 0 saturated heterocycles. The van der Waals surface area contributed by atoms with Crippen LogP contribution in [0.15, 0.2) is 42.5 Å². The average molecular weight is 344 g/mol. The first kappa shape index (κ1) is 18.1. The van der Waals surface area contributed by atoms with Crippen LogP contribution in [0.5, 0.6) is 0 Å². The van der Waals surface area contributed by atoms with Crippen LogP contribution in [0.25, 0.3) is 0 Å². The van der Waals surface area contributed by atoms with E-state index in [0.29, 0.717) is 16.9 Å². The second kappa shape index (κ2) is 8.05. The van der Waals surface area contributed by atoms with E-state index >= 15 is 0 Å². The van der Waals surface area contributed by atoms with Gasteiger partial charge in [-0.1, -0.05) is 12.1 Å². The van der Waals surface area contributed by atoms with Crippen LogP contribution >= 0.6 is 0 Å². The maximum Gasteiger partial charge on any atom is 0.338 e. The zero-order chi connectivity index (χ0) is 18.4.